The third-order valence-corrected chi connectivity index (χ3v) is 5.14. The Kier molecular flexibility index (Phi) is 6.15. The van der Waals surface area contributed by atoms with E-state index in [9.17, 15) is 0 Å². The van der Waals surface area contributed by atoms with Gasteiger partial charge < -0.3 is 4.90 Å². The van der Waals surface area contributed by atoms with Gasteiger partial charge in [0.15, 0.2) is 0 Å². The molecule has 4 nitrogen and oxygen atoms in total. The number of aromatic nitrogens is 2. The van der Waals surface area contributed by atoms with Gasteiger partial charge in [0.05, 0.1) is 5.69 Å². The monoisotopic (exact) mass is 308 g/mol. The Labute approximate surface area is 132 Å². The number of aliphatic imine (C=N–C) groups is 1. The highest BCUT2D eigenvalue weighted by atomic mass is 32.1. The van der Waals surface area contributed by atoms with Crippen molar-refractivity contribution in [1.82, 2.24) is 14.5 Å². The zero-order valence-electron chi connectivity index (χ0n) is 13.8. The highest BCUT2D eigenvalue weighted by Crippen LogP contribution is 2.24. The Morgan fingerprint density at radius 3 is 2.57 bits per heavy atom. The first-order chi connectivity index (χ1) is 10.1. The van der Waals surface area contributed by atoms with Crippen LogP contribution in [0.5, 0.6) is 0 Å². The van der Waals surface area contributed by atoms with Gasteiger partial charge in [-0.25, -0.2) is 0 Å². The molecule has 0 saturated heterocycles. The van der Waals surface area contributed by atoms with Crippen molar-refractivity contribution < 1.29 is 0 Å². The van der Waals surface area contributed by atoms with E-state index < -0.39 is 0 Å². The molecule has 1 aromatic heterocycles. The molecule has 0 aromatic carbocycles. The Balaban J connectivity index is 2.20. The SMILES string of the molecule is CCN(C(=NCC1CCCCC1)c1snnc1C)C(C)C. The molecule has 0 atom stereocenters. The van der Waals surface area contributed by atoms with Crippen LogP contribution in [0.4, 0.5) is 0 Å². The first-order valence-corrected chi connectivity index (χ1v) is 9.01. The fraction of sp³-hybridized carbons (Fsp3) is 0.812. The summed E-state index contributed by atoms with van der Waals surface area (Å²) in [6, 6.07) is 0.446. The number of hydrogen-bond acceptors (Lipinski definition) is 4. The Bertz CT molecular complexity index is 461. The van der Waals surface area contributed by atoms with Crippen molar-refractivity contribution in [3.05, 3.63) is 10.6 Å². The van der Waals surface area contributed by atoms with Gasteiger partial charge in [-0.3, -0.25) is 4.99 Å². The van der Waals surface area contributed by atoms with E-state index in [0.29, 0.717) is 6.04 Å². The molecule has 1 aliphatic carbocycles. The van der Waals surface area contributed by atoms with Crippen molar-refractivity contribution in [2.24, 2.45) is 10.9 Å². The zero-order chi connectivity index (χ0) is 15.2. The van der Waals surface area contributed by atoms with Crippen LogP contribution < -0.4 is 0 Å². The van der Waals surface area contributed by atoms with E-state index in [2.05, 4.69) is 35.3 Å². The lowest BCUT2D eigenvalue weighted by Crippen LogP contribution is -2.37. The van der Waals surface area contributed by atoms with E-state index in [1.165, 1.54) is 43.6 Å². The van der Waals surface area contributed by atoms with Crippen LogP contribution in [0, 0.1) is 12.8 Å². The summed E-state index contributed by atoms with van der Waals surface area (Å²) >= 11 is 1.47. The van der Waals surface area contributed by atoms with Crippen molar-refractivity contribution in [3.63, 3.8) is 0 Å². The number of nitrogens with zero attached hydrogens (tertiary/aromatic N) is 4. The van der Waals surface area contributed by atoms with E-state index in [1.54, 1.807) is 0 Å². The van der Waals surface area contributed by atoms with Crippen molar-refractivity contribution in [3.8, 4) is 0 Å². The lowest BCUT2D eigenvalue weighted by atomic mass is 9.89. The minimum absolute atomic E-state index is 0.446. The first kappa shape index (κ1) is 16.4. The largest absolute Gasteiger partial charge is 0.353 e. The summed E-state index contributed by atoms with van der Waals surface area (Å²) in [5, 5.41) is 4.17. The maximum atomic E-state index is 5.02. The van der Waals surface area contributed by atoms with Crippen LogP contribution >= 0.6 is 11.5 Å². The van der Waals surface area contributed by atoms with Crippen LogP contribution in [0.3, 0.4) is 0 Å². The fourth-order valence-corrected chi connectivity index (χ4v) is 3.76. The smallest absolute Gasteiger partial charge is 0.145 e. The van der Waals surface area contributed by atoms with Crippen molar-refractivity contribution in [2.75, 3.05) is 13.1 Å². The Morgan fingerprint density at radius 2 is 2.05 bits per heavy atom. The predicted octanol–water partition coefficient (Wildman–Crippen LogP) is 3.90. The molecule has 1 fully saturated rings. The molecule has 0 spiro atoms. The summed E-state index contributed by atoms with van der Waals surface area (Å²) in [6.07, 6.45) is 6.82. The molecule has 1 heterocycles. The van der Waals surface area contributed by atoms with Gasteiger partial charge in [-0.1, -0.05) is 23.8 Å². The molecule has 1 saturated carbocycles. The molecule has 0 unspecified atom stereocenters. The summed E-state index contributed by atoms with van der Waals surface area (Å²) < 4.78 is 4.10. The fourth-order valence-electron chi connectivity index (χ4n) is 3.07. The molecule has 0 aliphatic heterocycles. The Morgan fingerprint density at radius 1 is 1.33 bits per heavy atom. The minimum atomic E-state index is 0.446. The highest BCUT2D eigenvalue weighted by Gasteiger charge is 2.21. The standard InChI is InChI=1S/C16H28N4S/c1-5-20(12(2)3)16(15-13(4)18-19-21-15)17-11-14-9-7-6-8-10-14/h12,14H,5-11H2,1-4H3. The second kappa shape index (κ2) is 7.87. The van der Waals surface area contributed by atoms with Crippen LogP contribution in [0.1, 0.15) is 63.4 Å². The maximum Gasteiger partial charge on any atom is 0.145 e. The Hall–Kier alpha value is -0.970. The molecular formula is C16H28N4S. The van der Waals surface area contributed by atoms with Crippen LogP contribution in [-0.2, 0) is 0 Å². The molecule has 1 aliphatic rings. The third-order valence-electron chi connectivity index (χ3n) is 4.31. The summed E-state index contributed by atoms with van der Waals surface area (Å²) in [5.74, 6) is 1.87. The van der Waals surface area contributed by atoms with Gasteiger partial charge in [0.25, 0.3) is 0 Å². The number of hydrogen-bond donors (Lipinski definition) is 0. The maximum absolute atomic E-state index is 5.02. The van der Waals surface area contributed by atoms with E-state index >= 15 is 0 Å². The summed E-state index contributed by atoms with van der Waals surface area (Å²) in [4.78, 5) is 8.52. The van der Waals surface area contributed by atoms with Gasteiger partial charge in [-0.15, -0.1) is 5.10 Å². The summed E-state index contributed by atoms with van der Waals surface area (Å²) in [5.41, 5.74) is 1.00. The van der Waals surface area contributed by atoms with E-state index in [0.717, 1.165) is 35.4 Å². The average molecular weight is 308 g/mol. The lowest BCUT2D eigenvalue weighted by Gasteiger charge is -2.29. The van der Waals surface area contributed by atoms with Crippen LogP contribution in [0.15, 0.2) is 4.99 Å². The summed E-state index contributed by atoms with van der Waals surface area (Å²) in [7, 11) is 0. The van der Waals surface area contributed by atoms with E-state index in [1.807, 2.05) is 6.92 Å². The molecule has 1 aromatic rings. The molecule has 0 N–H and O–H groups in total. The van der Waals surface area contributed by atoms with Crippen molar-refractivity contribution in [2.45, 2.75) is 65.8 Å². The molecule has 0 bridgehead atoms. The molecule has 2 rings (SSSR count). The van der Waals surface area contributed by atoms with Crippen molar-refractivity contribution in [1.29, 1.82) is 0 Å². The molecule has 5 heteroatoms. The predicted molar refractivity (Wildman–Crippen MR) is 90.1 cm³/mol. The summed E-state index contributed by atoms with van der Waals surface area (Å²) in [6.45, 7) is 10.6. The molecule has 0 amide bonds. The normalized spacial score (nSPS) is 17.5. The van der Waals surface area contributed by atoms with E-state index in [-0.39, 0.29) is 0 Å². The molecular weight excluding hydrogens is 280 g/mol. The minimum Gasteiger partial charge on any atom is -0.353 e. The number of amidine groups is 1. The molecule has 0 radical (unpaired) electrons. The quantitative estimate of drug-likeness (QED) is 0.612. The van der Waals surface area contributed by atoms with Gasteiger partial charge in [0, 0.05) is 19.1 Å². The van der Waals surface area contributed by atoms with Gasteiger partial charge in [0.1, 0.15) is 10.7 Å². The van der Waals surface area contributed by atoms with Gasteiger partial charge in [-0.05, 0) is 58.0 Å². The number of rotatable bonds is 5. The highest BCUT2D eigenvalue weighted by molar-refractivity contribution is 7.08. The van der Waals surface area contributed by atoms with Gasteiger partial charge in [0.2, 0.25) is 0 Å². The number of aryl methyl sites for hydroxylation is 1. The average Bonchev–Trinajstić information content (AvgIpc) is 2.90. The topological polar surface area (TPSA) is 41.4 Å². The first-order valence-electron chi connectivity index (χ1n) is 8.23. The second-order valence-electron chi connectivity index (χ2n) is 6.24. The van der Waals surface area contributed by atoms with Gasteiger partial charge >= 0.3 is 0 Å². The second-order valence-corrected chi connectivity index (χ2v) is 6.99. The molecule has 21 heavy (non-hydrogen) atoms. The van der Waals surface area contributed by atoms with Crippen LogP contribution in [0.2, 0.25) is 0 Å². The zero-order valence-corrected chi connectivity index (χ0v) is 14.6. The van der Waals surface area contributed by atoms with Crippen LogP contribution in [0.25, 0.3) is 0 Å². The third kappa shape index (κ3) is 4.25. The lowest BCUT2D eigenvalue weighted by molar-refractivity contribution is 0.351. The van der Waals surface area contributed by atoms with Crippen molar-refractivity contribution >= 4 is 17.4 Å². The van der Waals surface area contributed by atoms with Crippen LogP contribution in [-0.4, -0.2) is 39.5 Å². The van der Waals surface area contributed by atoms with E-state index in [4.69, 9.17) is 4.99 Å². The van der Waals surface area contributed by atoms with Gasteiger partial charge in [-0.2, -0.15) is 0 Å². The molecule has 118 valence electrons.